The molecule has 4 saturated carbocycles. The normalized spacial score (nSPS) is 31.1. The van der Waals surface area contributed by atoms with Crippen molar-refractivity contribution in [3.8, 4) is 11.3 Å². The fourth-order valence-electron chi connectivity index (χ4n) is 6.17. The Bertz CT molecular complexity index is 920. The van der Waals surface area contributed by atoms with Gasteiger partial charge in [-0.25, -0.2) is 5.43 Å². The zero-order valence-corrected chi connectivity index (χ0v) is 17.0. The number of nitrogens with zero attached hydrogens (tertiary/aromatic N) is 2. The molecule has 2 aromatic rings. The van der Waals surface area contributed by atoms with E-state index in [9.17, 15) is 4.79 Å². The van der Waals surface area contributed by atoms with Crippen molar-refractivity contribution in [2.75, 3.05) is 0 Å². The van der Waals surface area contributed by atoms with Crippen LogP contribution in [0.2, 0.25) is 0 Å². The molecule has 1 aromatic carbocycles. The second-order valence-electron chi connectivity index (χ2n) is 8.92. The van der Waals surface area contributed by atoms with Gasteiger partial charge in [-0.1, -0.05) is 36.4 Å². The first kappa shape index (κ1) is 17.9. The van der Waals surface area contributed by atoms with Gasteiger partial charge >= 0.3 is 0 Å². The molecule has 5 heteroatoms. The zero-order valence-electron chi connectivity index (χ0n) is 16.1. The lowest BCUT2D eigenvalue weighted by atomic mass is 9.49. The summed E-state index contributed by atoms with van der Waals surface area (Å²) in [6.07, 6.45) is 9.09. The van der Waals surface area contributed by atoms with E-state index in [0.717, 1.165) is 53.1 Å². The fourth-order valence-corrected chi connectivity index (χ4v) is 7.05. The molecule has 0 radical (unpaired) electrons. The summed E-state index contributed by atoms with van der Waals surface area (Å²) >= 11 is 1.56. The smallest absolute Gasteiger partial charge is 0.246 e. The lowest BCUT2D eigenvalue weighted by molar-refractivity contribution is -0.146. The quantitative estimate of drug-likeness (QED) is 0.588. The lowest BCUT2D eigenvalue weighted by Crippen LogP contribution is -2.53. The van der Waals surface area contributed by atoms with Crippen LogP contribution in [0.1, 0.15) is 38.5 Å². The third-order valence-corrected chi connectivity index (χ3v) is 7.82. The molecule has 28 heavy (non-hydrogen) atoms. The van der Waals surface area contributed by atoms with E-state index in [4.69, 9.17) is 0 Å². The molecule has 0 spiro atoms. The summed E-state index contributed by atoms with van der Waals surface area (Å²) in [5.74, 6) is 2.42. The van der Waals surface area contributed by atoms with Crippen LogP contribution in [0.25, 0.3) is 11.3 Å². The molecule has 1 N–H and O–H groups in total. The van der Waals surface area contributed by atoms with Gasteiger partial charge in [-0.05, 0) is 61.8 Å². The average Bonchev–Trinajstić information content (AvgIpc) is 3.08. The summed E-state index contributed by atoms with van der Waals surface area (Å²) in [5, 5.41) is 6.67. The maximum Gasteiger partial charge on any atom is 0.246 e. The maximum atomic E-state index is 13.2. The van der Waals surface area contributed by atoms with Gasteiger partial charge < -0.3 is 4.57 Å². The summed E-state index contributed by atoms with van der Waals surface area (Å²) in [4.78, 5) is 14.0. The summed E-state index contributed by atoms with van der Waals surface area (Å²) in [5.41, 5.74) is 5.05. The number of hydrogen-bond acceptors (Lipinski definition) is 3. The first-order valence-electron chi connectivity index (χ1n) is 10.4. The highest BCUT2D eigenvalue weighted by Gasteiger charge is 2.54. The van der Waals surface area contributed by atoms with Crippen LogP contribution < -0.4 is 10.2 Å². The molecular formula is C23H27N3OS. The Morgan fingerprint density at radius 2 is 1.82 bits per heavy atom. The highest BCUT2D eigenvalue weighted by Crippen LogP contribution is 2.60. The monoisotopic (exact) mass is 393 g/mol. The van der Waals surface area contributed by atoms with Gasteiger partial charge in [0.25, 0.3) is 0 Å². The van der Waals surface area contributed by atoms with Gasteiger partial charge in [0.1, 0.15) is 0 Å². The van der Waals surface area contributed by atoms with Gasteiger partial charge in [-0.2, -0.15) is 0 Å². The standard InChI is InChI=1S/C23H27N3OS/c1-2-8-26-20(19-6-4-3-5-7-19)15-28-22(26)25-24-21(27)23-12-16-9-17(13-23)11-18(10-16)14-23/h2-7,15-18H,1,8-14H2,(H,24,27)/b25-22+. The Balaban J connectivity index is 1.42. The molecule has 4 aliphatic rings. The zero-order chi connectivity index (χ0) is 19.1. The van der Waals surface area contributed by atoms with Gasteiger partial charge in [0.2, 0.25) is 10.7 Å². The van der Waals surface area contributed by atoms with E-state index in [1.807, 2.05) is 24.3 Å². The minimum atomic E-state index is -0.166. The molecule has 4 fully saturated rings. The van der Waals surface area contributed by atoms with Crippen molar-refractivity contribution in [1.29, 1.82) is 0 Å². The van der Waals surface area contributed by atoms with Crippen LogP contribution in [0.3, 0.4) is 0 Å². The molecule has 4 nitrogen and oxygen atoms in total. The summed E-state index contributed by atoms with van der Waals surface area (Å²) in [6, 6.07) is 10.3. The number of hydrogen-bond donors (Lipinski definition) is 1. The Kier molecular flexibility index (Phi) is 4.50. The molecule has 0 unspecified atom stereocenters. The van der Waals surface area contributed by atoms with Crippen molar-refractivity contribution in [1.82, 2.24) is 9.99 Å². The average molecular weight is 394 g/mol. The number of thiazole rings is 1. The van der Waals surface area contributed by atoms with Crippen molar-refractivity contribution in [3.05, 3.63) is 53.2 Å². The molecule has 6 rings (SSSR count). The van der Waals surface area contributed by atoms with E-state index >= 15 is 0 Å². The highest BCUT2D eigenvalue weighted by atomic mass is 32.1. The van der Waals surface area contributed by atoms with Crippen molar-refractivity contribution in [2.45, 2.75) is 45.1 Å². The molecule has 0 aliphatic heterocycles. The van der Waals surface area contributed by atoms with Crippen molar-refractivity contribution >= 4 is 17.2 Å². The Morgan fingerprint density at radius 3 is 2.43 bits per heavy atom. The van der Waals surface area contributed by atoms with Gasteiger partial charge in [0.15, 0.2) is 0 Å². The molecule has 4 aliphatic carbocycles. The first-order chi connectivity index (χ1) is 13.7. The largest absolute Gasteiger partial charge is 0.311 e. The van der Waals surface area contributed by atoms with Crippen LogP contribution in [0.4, 0.5) is 0 Å². The number of carbonyl (C=O) groups is 1. The van der Waals surface area contributed by atoms with E-state index in [0.29, 0.717) is 6.54 Å². The van der Waals surface area contributed by atoms with Crippen molar-refractivity contribution in [2.24, 2.45) is 28.3 Å². The Hall–Kier alpha value is -2.14. The summed E-state index contributed by atoms with van der Waals surface area (Å²) in [6.45, 7) is 4.55. The van der Waals surface area contributed by atoms with Gasteiger partial charge in [0, 0.05) is 11.9 Å². The maximum absolute atomic E-state index is 13.2. The minimum absolute atomic E-state index is 0.145. The number of amides is 1. The molecule has 1 aromatic heterocycles. The van der Waals surface area contributed by atoms with Gasteiger partial charge in [-0.15, -0.1) is 23.0 Å². The van der Waals surface area contributed by atoms with Gasteiger partial charge in [-0.3, -0.25) is 4.79 Å². The fraction of sp³-hybridized carbons (Fsp3) is 0.478. The van der Waals surface area contributed by atoms with Crippen LogP contribution in [0, 0.1) is 23.2 Å². The minimum Gasteiger partial charge on any atom is -0.311 e. The molecule has 0 atom stereocenters. The molecule has 146 valence electrons. The first-order valence-corrected chi connectivity index (χ1v) is 11.2. The number of carbonyl (C=O) groups excluding carboxylic acids is 1. The lowest BCUT2D eigenvalue weighted by Gasteiger charge is -2.55. The summed E-state index contributed by atoms with van der Waals surface area (Å²) in [7, 11) is 0. The Morgan fingerprint density at radius 1 is 1.18 bits per heavy atom. The highest BCUT2D eigenvalue weighted by molar-refractivity contribution is 7.07. The molecule has 4 bridgehead atoms. The third-order valence-electron chi connectivity index (χ3n) is 6.95. The van der Waals surface area contributed by atoms with Crippen LogP contribution in [0.5, 0.6) is 0 Å². The number of aromatic nitrogens is 1. The predicted molar refractivity (Wildman–Crippen MR) is 112 cm³/mol. The van der Waals surface area contributed by atoms with Crippen LogP contribution in [-0.2, 0) is 11.3 Å². The van der Waals surface area contributed by atoms with E-state index in [-0.39, 0.29) is 11.3 Å². The number of allylic oxidation sites excluding steroid dienone is 1. The number of rotatable bonds is 5. The number of benzene rings is 1. The van der Waals surface area contributed by atoms with E-state index in [2.05, 4.69) is 39.2 Å². The SMILES string of the molecule is C=CCn1c(-c2ccccc2)cs/c1=N/NC(=O)C12CC3CC(CC(C3)C1)C2. The van der Waals surface area contributed by atoms with Crippen molar-refractivity contribution in [3.63, 3.8) is 0 Å². The molecular weight excluding hydrogens is 366 g/mol. The molecule has 0 saturated heterocycles. The van der Waals surface area contributed by atoms with E-state index in [1.165, 1.54) is 19.3 Å². The third kappa shape index (κ3) is 3.06. The van der Waals surface area contributed by atoms with Crippen molar-refractivity contribution < 1.29 is 4.79 Å². The van der Waals surface area contributed by atoms with Crippen LogP contribution >= 0.6 is 11.3 Å². The molecule has 1 heterocycles. The van der Waals surface area contributed by atoms with E-state index in [1.54, 1.807) is 11.3 Å². The number of nitrogens with one attached hydrogen (secondary N) is 1. The summed E-state index contributed by atoms with van der Waals surface area (Å²) < 4.78 is 2.12. The second-order valence-corrected chi connectivity index (χ2v) is 9.76. The van der Waals surface area contributed by atoms with Crippen LogP contribution in [-0.4, -0.2) is 10.5 Å². The van der Waals surface area contributed by atoms with Crippen LogP contribution in [0.15, 0.2) is 53.5 Å². The Labute approximate surface area is 170 Å². The van der Waals surface area contributed by atoms with E-state index < -0.39 is 0 Å². The molecule has 1 amide bonds. The topological polar surface area (TPSA) is 46.4 Å². The predicted octanol–water partition coefficient (Wildman–Crippen LogP) is 4.55. The van der Waals surface area contributed by atoms with Gasteiger partial charge in [0.05, 0.1) is 11.1 Å². The second kappa shape index (κ2) is 7.03.